The van der Waals surface area contributed by atoms with E-state index in [2.05, 4.69) is 9.89 Å². The summed E-state index contributed by atoms with van der Waals surface area (Å²) < 4.78 is 0. The molecule has 280 valence electrons. The lowest BCUT2D eigenvalue weighted by Crippen LogP contribution is -2.54. The Kier molecular flexibility index (Phi) is 14.3. The van der Waals surface area contributed by atoms with E-state index in [0.29, 0.717) is 16.5 Å². The molecular weight excluding hydrogens is 710 g/mol. The number of likely N-dealkylation sites (tertiary alicyclic amines) is 2. The number of carboxylic acid groups (broad SMARTS) is 3. The van der Waals surface area contributed by atoms with E-state index < -0.39 is 47.8 Å². The summed E-state index contributed by atoms with van der Waals surface area (Å²) in [6.07, 6.45) is -3.93. The van der Waals surface area contributed by atoms with E-state index in [-0.39, 0.29) is 88.8 Å². The van der Waals surface area contributed by atoms with Crippen LogP contribution in [0.3, 0.4) is 0 Å². The number of halogens is 1. The number of thioether (sulfide) groups is 1. The lowest BCUT2D eigenvalue weighted by molar-refractivity contribution is -0.265. The maximum Gasteiger partial charge on any atom is 0.407 e. The van der Waals surface area contributed by atoms with Crippen LogP contribution in [0, 0.1) is 5.92 Å². The number of rotatable bonds is 8. The predicted molar refractivity (Wildman–Crippen MR) is 180 cm³/mol. The molecule has 17 nitrogen and oxygen atoms in total. The quantitative estimate of drug-likeness (QED) is 0.133. The van der Waals surface area contributed by atoms with Crippen LogP contribution >= 0.6 is 23.4 Å². The Morgan fingerprint density at radius 3 is 2.02 bits per heavy atom. The Hall–Kier alpha value is -4.13. The number of aliphatic imine (C=N–C) groups is 1. The summed E-state index contributed by atoms with van der Waals surface area (Å²) in [7, 11) is 1.95. The van der Waals surface area contributed by atoms with E-state index in [1.54, 1.807) is 12.1 Å². The molecule has 0 saturated carbocycles. The van der Waals surface area contributed by atoms with Crippen molar-refractivity contribution in [2.75, 3.05) is 91.3 Å². The number of carbonyl (C=O) groups is 6. The lowest BCUT2D eigenvalue weighted by atomic mass is 9.80. The van der Waals surface area contributed by atoms with Crippen LogP contribution in [0.25, 0.3) is 0 Å². The normalized spacial score (nSPS) is 23.6. The van der Waals surface area contributed by atoms with Gasteiger partial charge in [0, 0.05) is 88.6 Å². The highest BCUT2D eigenvalue weighted by Gasteiger charge is 2.42. The standard InChI is InChI=1S/C32H44ClN7O10S/c1-35-8-6-23(21-2-4-22(33)5-3-21)24(19-35)28(43)34-7-17-51-25-18-26(41)40(29(25)44)27(42)20-36-9-11-37(30(45)46)13-15-39(32(49)50)16-14-38(12-10-36)31(47)48/h2-5,23-25H,6-20H2,1H3,(H,34,43)(H,45,46)(H,47,48)(H,49,50)/p-3/t23-,24-,25?/m1/s1. The number of carbonyl (C=O) groups excluding carboxylic acids is 5. The van der Waals surface area contributed by atoms with Crippen molar-refractivity contribution in [3.8, 4) is 0 Å². The Balaban J connectivity index is 1.34. The second-order valence-electron chi connectivity index (χ2n) is 12.6. The second kappa shape index (κ2) is 18.4. The van der Waals surface area contributed by atoms with Crippen LogP contribution in [0.1, 0.15) is 24.3 Å². The highest BCUT2D eigenvalue weighted by atomic mass is 35.5. The summed E-state index contributed by atoms with van der Waals surface area (Å²) in [5, 5.41) is 45.8. The molecule has 3 aliphatic rings. The van der Waals surface area contributed by atoms with Crippen molar-refractivity contribution in [1.82, 2.24) is 29.4 Å². The summed E-state index contributed by atoms with van der Waals surface area (Å²) in [5.41, 5.74) is 1.02. The van der Waals surface area contributed by atoms with E-state index in [0.717, 1.165) is 45.0 Å². The number of piperidine rings is 1. The molecular formula is C32H41ClN7O10S-3. The fourth-order valence-corrected chi connectivity index (χ4v) is 7.48. The van der Waals surface area contributed by atoms with Gasteiger partial charge in [0.2, 0.25) is 17.7 Å². The molecule has 19 heteroatoms. The third kappa shape index (κ3) is 10.9. The van der Waals surface area contributed by atoms with Gasteiger partial charge in [0.05, 0.1) is 11.8 Å². The molecule has 1 N–H and O–H groups in total. The summed E-state index contributed by atoms with van der Waals surface area (Å²) in [5.74, 6) is -2.62. The van der Waals surface area contributed by atoms with Crippen molar-refractivity contribution >= 4 is 65.3 Å². The van der Waals surface area contributed by atoms with Crippen molar-refractivity contribution in [1.29, 1.82) is 0 Å². The molecule has 3 saturated heterocycles. The van der Waals surface area contributed by atoms with Crippen molar-refractivity contribution in [3.63, 3.8) is 0 Å². The molecule has 3 atom stereocenters. The number of amides is 6. The monoisotopic (exact) mass is 750 g/mol. The van der Waals surface area contributed by atoms with Gasteiger partial charge < -0.3 is 54.6 Å². The lowest BCUT2D eigenvalue weighted by Gasteiger charge is -2.39. The largest absolute Gasteiger partial charge is 0.862 e. The van der Waals surface area contributed by atoms with Crippen LogP contribution < -0.4 is 15.3 Å². The number of benzene rings is 1. The van der Waals surface area contributed by atoms with Crippen LogP contribution in [0.15, 0.2) is 29.3 Å². The molecule has 0 bridgehead atoms. The minimum Gasteiger partial charge on any atom is -0.862 e. The molecule has 0 spiro atoms. The Bertz CT molecular complexity index is 1450. The third-order valence-corrected chi connectivity index (χ3v) is 10.7. The van der Waals surface area contributed by atoms with Gasteiger partial charge in [0.15, 0.2) is 0 Å². The van der Waals surface area contributed by atoms with E-state index in [1.807, 2.05) is 19.2 Å². The molecule has 3 heterocycles. The van der Waals surface area contributed by atoms with Gasteiger partial charge in [0.25, 0.3) is 0 Å². The van der Waals surface area contributed by atoms with E-state index >= 15 is 0 Å². The topological polar surface area (TPSA) is 224 Å². The fraction of sp³-hybridized carbons (Fsp3) is 0.594. The minimum atomic E-state index is -1.56. The van der Waals surface area contributed by atoms with E-state index in [9.17, 15) is 49.2 Å². The number of imide groups is 3. The summed E-state index contributed by atoms with van der Waals surface area (Å²) in [6.45, 7) is -0.649. The molecule has 0 aromatic heterocycles. The van der Waals surface area contributed by atoms with Crippen molar-refractivity contribution in [2.45, 2.75) is 24.0 Å². The van der Waals surface area contributed by atoms with E-state index in [4.69, 9.17) is 11.6 Å². The maximum absolute atomic E-state index is 13.3. The molecule has 0 radical (unpaired) electrons. The highest BCUT2D eigenvalue weighted by molar-refractivity contribution is 8.00. The molecule has 51 heavy (non-hydrogen) atoms. The number of hydrogen-bond acceptors (Lipinski definition) is 13. The van der Waals surface area contributed by atoms with Crippen molar-refractivity contribution in [2.24, 2.45) is 10.9 Å². The third-order valence-electron chi connectivity index (χ3n) is 9.26. The Morgan fingerprint density at radius 1 is 0.882 bits per heavy atom. The van der Waals surface area contributed by atoms with Gasteiger partial charge in [-0.15, -0.1) is 11.8 Å². The van der Waals surface area contributed by atoms with Gasteiger partial charge in [-0.25, -0.2) is 9.69 Å². The Morgan fingerprint density at radius 2 is 1.45 bits per heavy atom. The number of hydrogen-bond donors (Lipinski definition) is 1. The van der Waals surface area contributed by atoms with Gasteiger partial charge in [-0.3, -0.25) is 19.3 Å². The second-order valence-corrected chi connectivity index (χ2v) is 14.4. The molecule has 6 amide bonds. The Labute approximate surface area is 304 Å². The number of nitrogens with zero attached hydrogens (tertiary/aromatic N) is 7. The smallest absolute Gasteiger partial charge is 0.407 e. The van der Waals surface area contributed by atoms with Gasteiger partial charge >= 0.3 is 6.09 Å². The first kappa shape index (κ1) is 39.7. The van der Waals surface area contributed by atoms with Gasteiger partial charge in [-0.1, -0.05) is 23.7 Å². The summed E-state index contributed by atoms with van der Waals surface area (Å²) in [4.78, 5) is 85.3. The highest BCUT2D eigenvalue weighted by Crippen LogP contribution is 2.33. The molecule has 0 aliphatic carbocycles. The predicted octanol–water partition coefficient (Wildman–Crippen LogP) is -1.89. The van der Waals surface area contributed by atoms with E-state index in [1.165, 1.54) is 4.90 Å². The molecule has 1 aromatic rings. The summed E-state index contributed by atoms with van der Waals surface area (Å²) in [6, 6.07) is 7.44. The molecule has 3 fully saturated rings. The average molecular weight is 751 g/mol. The average Bonchev–Trinajstić information content (AvgIpc) is 3.36. The molecule has 3 aliphatic heterocycles. The van der Waals surface area contributed by atoms with Gasteiger partial charge in [0.1, 0.15) is 12.2 Å². The van der Waals surface area contributed by atoms with Crippen LogP contribution in [-0.2, 0) is 14.4 Å². The maximum atomic E-state index is 13.3. The molecule has 1 aromatic carbocycles. The fourth-order valence-electron chi connectivity index (χ4n) is 6.37. The molecule has 4 rings (SSSR count). The van der Waals surface area contributed by atoms with Crippen LogP contribution in [-0.4, -0.2) is 173 Å². The van der Waals surface area contributed by atoms with Crippen LogP contribution in [0.2, 0.25) is 5.02 Å². The van der Waals surface area contributed by atoms with Gasteiger partial charge in [-0.2, -0.15) is 0 Å². The zero-order valence-corrected chi connectivity index (χ0v) is 29.8. The zero-order chi connectivity index (χ0) is 37.2. The zero-order valence-electron chi connectivity index (χ0n) is 28.2. The molecule has 1 unspecified atom stereocenters. The first-order valence-electron chi connectivity index (χ1n) is 16.5. The van der Waals surface area contributed by atoms with Gasteiger partial charge in [-0.05, 0) is 49.5 Å². The minimum absolute atomic E-state index is 0.0117. The van der Waals surface area contributed by atoms with Crippen molar-refractivity contribution in [3.05, 3.63) is 34.9 Å². The summed E-state index contributed by atoms with van der Waals surface area (Å²) >= 11 is 7.17. The SMILES string of the molecule is CN1CC[C@H](c2ccc(Cl)cc2)[C@H](C([O-])=NCCSC2CC(=O)N(C(=O)CN3CCN(C(=O)[O-])CCN(C(=O)O)CCN(C(=O)[O-])CC3)C2=O)C1. The first-order valence-corrected chi connectivity index (χ1v) is 18.0. The van der Waals surface area contributed by atoms with Crippen LogP contribution in [0.4, 0.5) is 14.4 Å². The van der Waals surface area contributed by atoms with Crippen LogP contribution in [0.5, 0.6) is 0 Å². The van der Waals surface area contributed by atoms with Crippen molar-refractivity contribution < 1.29 is 49.2 Å². The first-order chi connectivity index (χ1) is 24.2.